The summed E-state index contributed by atoms with van der Waals surface area (Å²) in [7, 11) is 0. The molecule has 0 N–H and O–H groups in total. The third kappa shape index (κ3) is 0.988. The maximum Gasteiger partial charge on any atom is 0.113 e. The highest BCUT2D eigenvalue weighted by Crippen LogP contribution is 2.50. The van der Waals surface area contributed by atoms with Crippen molar-refractivity contribution in [2.24, 2.45) is 5.41 Å². The zero-order valence-electron chi connectivity index (χ0n) is 8.10. The van der Waals surface area contributed by atoms with Gasteiger partial charge in [-0.3, -0.25) is 0 Å². The Labute approximate surface area is 74.8 Å². The van der Waals surface area contributed by atoms with Crippen molar-refractivity contribution < 1.29 is 4.74 Å². The van der Waals surface area contributed by atoms with Crippen LogP contribution < -0.4 is 0 Å². The molecular weight excluding hydrogens is 148 g/mol. The molecule has 2 aliphatic rings. The Morgan fingerprint density at radius 3 is 2.42 bits per heavy atom. The van der Waals surface area contributed by atoms with Crippen LogP contribution in [0.15, 0.2) is 12.3 Å². The first-order valence-electron chi connectivity index (χ1n) is 4.99. The van der Waals surface area contributed by atoms with Gasteiger partial charge in [0.2, 0.25) is 0 Å². The normalized spacial score (nSPS) is 30.5. The molecule has 68 valence electrons. The summed E-state index contributed by atoms with van der Waals surface area (Å²) in [6, 6.07) is 0. The molecule has 0 atom stereocenters. The van der Waals surface area contributed by atoms with E-state index in [4.69, 9.17) is 4.74 Å². The predicted molar refractivity (Wildman–Crippen MR) is 49.8 cm³/mol. The molecule has 0 amide bonds. The SMILES string of the molecule is CC1(C)CC=COC12CCCC2. The molecule has 1 fully saturated rings. The predicted octanol–water partition coefficient (Wildman–Crippen LogP) is 3.26. The summed E-state index contributed by atoms with van der Waals surface area (Å²) in [5, 5.41) is 0. The van der Waals surface area contributed by atoms with Gasteiger partial charge in [0.05, 0.1) is 6.26 Å². The molecule has 1 heteroatoms. The van der Waals surface area contributed by atoms with Gasteiger partial charge in [0, 0.05) is 5.41 Å². The lowest BCUT2D eigenvalue weighted by atomic mass is 9.70. The van der Waals surface area contributed by atoms with Crippen molar-refractivity contribution in [2.45, 2.75) is 51.6 Å². The molecule has 1 nitrogen and oxygen atoms in total. The quantitative estimate of drug-likeness (QED) is 0.536. The smallest absolute Gasteiger partial charge is 0.113 e. The summed E-state index contributed by atoms with van der Waals surface area (Å²) in [6.07, 6.45) is 10.4. The molecule has 1 aliphatic carbocycles. The number of ether oxygens (including phenoxy) is 1. The minimum atomic E-state index is 0.182. The van der Waals surface area contributed by atoms with Crippen LogP contribution in [0.3, 0.4) is 0 Å². The maximum atomic E-state index is 5.86. The Morgan fingerprint density at radius 2 is 1.83 bits per heavy atom. The van der Waals surface area contributed by atoms with Gasteiger partial charge < -0.3 is 4.74 Å². The minimum absolute atomic E-state index is 0.182. The number of rotatable bonds is 0. The van der Waals surface area contributed by atoms with E-state index in [0.717, 1.165) is 0 Å². The highest BCUT2D eigenvalue weighted by molar-refractivity contribution is 5.05. The van der Waals surface area contributed by atoms with E-state index in [-0.39, 0.29) is 5.60 Å². The van der Waals surface area contributed by atoms with Crippen LogP contribution in [-0.2, 0) is 4.74 Å². The van der Waals surface area contributed by atoms with Crippen LogP contribution >= 0.6 is 0 Å². The van der Waals surface area contributed by atoms with Crippen LogP contribution in [0, 0.1) is 5.41 Å². The molecule has 2 rings (SSSR count). The van der Waals surface area contributed by atoms with E-state index in [1.807, 2.05) is 6.26 Å². The Balaban J connectivity index is 2.27. The average Bonchev–Trinajstić information content (AvgIpc) is 2.46. The lowest BCUT2D eigenvalue weighted by Crippen LogP contribution is -2.45. The standard InChI is InChI=1S/C11H18O/c1-10(2)6-5-9-12-11(10)7-3-4-8-11/h5,9H,3-4,6-8H2,1-2H3. The maximum absolute atomic E-state index is 5.86. The van der Waals surface area contributed by atoms with E-state index in [9.17, 15) is 0 Å². The molecule has 0 radical (unpaired) electrons. The second-order valence-corrected chi connectivity index (χ2v) is 4.78. The van der Waals surface area contributed by atoms with Crippen LogP contribution in [0.25, 0.3) is 0 Å². The average molecular weight is 166 g/mol. The zero-order chi connectivity index (χ0) is 8.66. The van der Waals surface area contributed by atoms with Gasteiger partial charge in [0.25, 0.3) is 0 Å². The summed E-state index contributed by atoms with van der Waals surface area (Å²) in [4.78, 5) is 0. The topological polar surface area (TPSA) is 9.23 Å². The van der Waals surface area contributed by atoms with E-state index in [1.54, 1.807) is 0 Å². The summed E-state index contributed by atoms with van der Waals surface area (Å²) >= 11 is 0. The third-order valence-electron chi connectivity index (χ3n) is 3.66. The van der Waals surface area contributed by atoms with Gasteiger partial charge >= 0.3 is 0 Å². The van der Waals surface area contributed by atoms with Crippen LogP contribution in [0.2, 0.25) is 0 Å². The van der Waals surface area contributed by atoms with E-state index in [1.165, 1.54) is 32.1 Å². The van der Waals surface area contributed by atoms with Crippen molar-refractivity contribution in [1.29, 1.82) is 0 Å². The van der Waals surface area contributed by atoms with Crippen LogP contribution in [0.1, 0.15) is 46.0 Å². The first kappa shape index (κ1) is 8.15. The molecular formula is C11H18O. The fraction of sp³-hybridized carbons (Fsp3) is 0.818. The minimum Gasteiger partial charge on any atom is -0.495 e. The van der Waals surface area contributed by atoms with Crippen LogP contribution in [-0.4, -0.2) is 5.60 Å². The van der Waals surface area contributed by atoms with E-state index in [0.29, 0.717) is 5.41 Å². The molecule has 0 unspecified atom stereocenters. The Hall–Kier alpha value is -0.460. The van der Waals surface area contributed by atoms with Crippen molar-refractivity contribution in [2.75, 3.05) is 0 Å². The Morgan fingerprint density at radius 1 is 1.17 bits per heavy atom. The molecule has 0 aromatic heterocycles. The number of hydrogen-bond acceptors (Lipinski definition) is 1. The van der Waals surface area contributed by atoms with Gasteiger partial charge in [-0.2, -0.15) is 0 Å². The highest BCUT2D eigenvalue weighted by Gasteiger charge is 2.48. The Kier molecular flexibility index (Phi) is 1.71. The van der Waals surface area contributed by atoms with Gasteiger partial charge in [0.15, 0.2) is 0 Å². The van der Waals surface area contributed by atoms with Crippen molar-refractivity contribution in [3.63, 3.8) is 0 Å². The third-order valence-corrected chi connectivity index (χ3v) is 3.66. The zero-order valence-corrected chi connectivity index (χ0v) is 8.10. The molecule has 0 saturated heterocycles. The van der Waals surface area contributed by atoms with Gasteiger partial charge in [-0.15, -0.1) is 0 Å². The molecule has 0 aromatic carbocycles. The summed E-state index contributed by atoms with van der Waals surface area (Å²) < 4.78 is 5.86. The Bertz CT molecular complexity index is 197. The van der Waals surface area contributed by atoms with Crippen molar-refractivity contribution in [1.82, 2.24) is 0 Å². The molecule has 1 heterocycles. The second-order valence-electron chi connectivity index (χ2n) is 4.78. The van der Waals surface area contributed by atoms with Crippen LogP contribution in [0.5, 0.6) is 0 Å². The molecule has 1 spiro atoms. The molecule has 12 heavy (non-hydrogen) atoms. The van der Waals surface area contributed by atoms with Crippen molar-refractivity contribution in [3.05, 3.63) is 12.3 Å². The van der Waals surface area contributed by atoms with Gasteiger partial charge in [-0.05, 0) is 38.2 Å². The molecule has 0 aromatic rings. The summed E-state index contributed by atoms with van der Waals surface area (Å²) in [6.45, 7) is 4.67. The number of hydrogen-bond donors (Lipinski definition) is 0. The lowest BCUT2D eigenvalue weighted by Gasteiger charge is -2.45. The number of allylic oxidation sites excluding steroid dienone is 1. The van der Waals surface area contributed by atoms with Crippen molar-refractivity contribution >= 4 is 0 Å². The van der Waals surface area contributed by atoms with Gasteiger partial charge in [0.1, 0.15) is 5.60 Å². The fourth-order valence-corrected chi connectivity index (χ4v) is 2.61. The van der Waals surface area contributed by atoms with Gasteiger partial charge in [-0.25, -0.2) is 0 Å². The lowest BCUT2D eigenvalue weighted by molar-refractivity contribution is -0.0823. The summed E-state index contributed by atoms with van der Waals surface area (Å²) in [5.41, 5.74) is 0.528. The molecule has 1 saturated carbocycles. The van der Waals surface area contributed by atoms with E-state index >= 15 is 0 Å². The first-order chi connectivity index (χ1) is 5.66. The van der Waals surface area contributed by atoms with Crippen molar-refractivity contribution in [3.8, 4) is 0 Å². The molecule has 0 bridgehead atoms. The fourth-order valence-electron chi connectivity index (χ4n) is 2.61. The van der Waals surface area contributed by atoms with Crippen LogP contribution in [0.4, 0.5) is 0 Å². The highest BCUT2D eigenvalue weighted by atomic mass is 16.5. The monoisotopic (exact) mass is 166 g/mol. The second kappa shape index (κ2) is 2.51. The van der Waals surface area contributed by atoms with E-state index < -0.39 is 0 Å². The first-order valence-corrected chi connectivity index (χ1v) is 4.99. The van der Waals surface area contributed by atoms with Gasteiger partial charge in [-0.1, -0.05) is 13.8 Å². The van der Waals surface area contributed by atoms with E-state index in [2.05, 4.69) is 19.9 Å². The molecule has 1 aliphatic heterocycles. The summed E-state index contributed by atoms with van der Waals surface area (Å²) in [5.74, 6) is 0. The largest absolute Gasteiger partial charge is 0.495 e.